The smallest absolute Gasteiger partial charge is 0.326 e. The molecule has 0 aromatic carbocycles. The Morgan fingerprint density at radius 2 is 1.06 bits per heavy atom. The minimum atomic E-state index is -1.85. The van der Waals surface area contributed by atoms with Crippen LogP contribution in [0.5, 0.6) is 0 Å². The quantitative estimate of drug-likeness (QED) is 0.130. The van der Waals surface area contributed by atoms with E-state index in [1.807, 2.05) is 16.0 Å². The number of nitrogens with two attached hydrogens (primary N) is 1. The largest absolute Gasteiger partial charge is 0.481 e. The zero-order valence-electron chi connectivity index (χ0n) is 16.4. The van der Waals surface area contributed by atoms with Crippen molar-refractivity contribution in [1.29, 1.82) is 0 Å². The molecule has 174 valence electrons. The Balaban J connectivity index is 5.47. The van der Waals surface area contributed by atoms with Crippen LogP contribution in [0.1, 0.15) is 32.6 Å². The SMILES string of the molecule is CC(N)C(=O)NC(CC(=O)O)C(=O)NC(CC(=O)O)C(=O)NC(CCC(=O)O)C(=O)O. The van der Waals surface area contributed by atoms with Crippen LogP contribution in [-0.2, 0) is 33.6 Å². The minimum Gasteiger partial charge on any atom is -0.481 e. The lowest BCUT2D eigenvalue weighted by Gasteiger charge is -2.23. The molecule has 0 saturated carbocycles. The summed E-state index contributed by atoms with van der Waals surface area (Å²) in [6, 6.07) is -6.35. The number of amides is 3. The Labute approximate surface area is 175 Å². The maximum absolute atomic E-state index is 12.4. The topological polar surface area (TPSA) is 263 Å². The third-order valence-corrected chi connectivity index (χ3v) is 3.70. The van der Waals surface area contributed by atoms with Crippen LogP contribution in [0.2, 0.25) is 0 Å². The van der Waals surface area contributed by atoms with E-state index >= 15 is 0 Å². The molecule has 0 fully saturated rings. The highest BCUT2D eigenvalue weighted by Crippen LogP contribution is 2.03. The third-order valence-electron chi connectivity index (χ3n) is 3.70. The fourth-order valence-electron chi connectivity index (χ4n) is 2.14. The molecule has 0 radical (unpaired) electrons. The van der Waals surface area contributed by atoms with Gasteiger partial charge in [0, 0.05) is 6.42 Å². The Morgan fingerprint density at radius 3 is 1.39 bits per heavy atom. The molecule has 0 aromatic heterocycles. The second-order valence-corrected chi connectivity index (χ2v) is 6.44. The van der Waals surface area contributed by atoms with Gasteiger partial charge in [0.15, 0.2) is 0 Å². The monoisotopic (exact) mass is 448 g/mol. The number of carboxylic acid groups (broad SMARTS) is 4. The molecular formula is C16H24N4O11. The summed E-state index contributed by atoms with van der Waals surface area (Å²) in [5.74, 6) is -9.37. The molecule has 15 heteroatoms. The number of carbonyl (C=O) groups excluding carboxylic acids is 3. The zero-order chi connectivity index (χ0) is 24.3. The maximum Gasteiger partial charge on any atom is 0.326 e. The first-order chi connectivity index (χ1) is 14.2. The van der Waals surface area contributed by atoms with Crippen molar-refractivity contribution < 1.29 is 54.0 Å². The fraction of sp³-hybridized carbons (Fsp3) is 0.562. The van der Waals surface area contributed by atoms with Gasteiger partial charge in [-0.2, -0.15) is 0 Å². The Kier molecular flexibility index (Phi) is 11.2. The van der Waals surface area contributed by atoms with Crippen LogP contribution in [-0.4, -0.2) is 86.2 Å². The number of carbonyl (C=O) groups is 7. The fourth-order valence-corrected chi connectivity index (χ4v) is 2.14. The van der Waals surface area contributed by atoms with Gasteiger partial charge in [0.25, 0.3) is 0 Å². The van der Waals surface area contributed by atoms with Crippen LogP contribution in [0.15, 0.2) is 0 Å². The summed E-state index contributed by atoms with van der Waals surface area (Å²) in [7, 11) is 0. The van der Waals surface area contributed by atoms with Gasteiger partial charge >= 0.3 is 23.9 Å². The molecule has 0 bridgehead atoms. The van der Waals surface area contributed by atoms with Gasteiger partial charge in [-0.25, -0.2) is 4.79 Å². The predicted molar refractivity (Wildman–Crippen MR) is 98.5 cm³/mol. The summed E-state index contributed by atoms with van der Waals surface area (Å²) in [6.45, 7) is 1.26. The average molecular weight is 448 g/mol. The Morgan fingerprint density at radius 1 is 0.677 bits per heavy atom. The van der Waals surface area contributed by atoms with Crippen molar-refractivity contribution in [2.24, 2.45) is 5.73 Å². The van der Waals surface area contributed by atoms with Crippen molar-refractivity contribution in [3.63, 3.8) is 0 Å². The number of rotatable bonds is 14. The number of hydrogen-bond acceptors (Lipinski definition) is 8. The first-order valence-electron chi connectivity index (χ1n) is 8.79. The van der Waals surface area contributed by atoms with Gasteiger partial charge in [-0.05, 0) is 13.3 Å². The van der Waals surface area contributed by atoms with Crippen molar-refractivity contribution in [1.82, 2.24) is 16.0 Å². The van der Waals surface area contributed by atoms with Crippen LogP contribution in [0.25, 0.3) is 0 Å². The van der Waals surface area contributed by atoms with Gasteiger partial charge < -0.3 is 42.1 Å². The maximum atomic E-state index is 12.4. The Hall–Kier alpha value is -3.75. The molecule has 0 aliphatic rings. The third kappa shape index (κ3) is 11.1. The van der Waals surface area contributed by atoms with Gasteiger partial charge in [-0.15, -0.1) is 0 Å². The standard InChI is InChI=1S/C16H24N4O11/c1-6(17)13(27)19-8(4-11(23)24)15(29)20-9(5-12(25)26)14(28)18-7(16(30)31)2-3-10(21)22/h6-9H,2-5,17H2,1H3,(H,18,28)(H,19,27)(H,20,29)(H,21,22)(H,23,24)(H,25,26)(H,30,31). The highest BCUT2D eigenvalue weighted by Gasteiger charge is 2.32. The lowest BCUT2D eigenvalue weighted by atomic mass is 10.1. The van der Waals surface area contributed by atoms with Gasteiger partial charge in [-0.1, -0.05) is 0 Å². The van der Waals surface area contributed by atoms with Gasteiger partial charge in [0.1, 0.15) is 18.1 Å². The number of nitrogens with one attached hydrogen (secondary N) is 3. The first kappa shape index (κ1) is 27.2. The van der Waals surface area contributed by atoms with Crippen LogP contribution in [0, 0.1) is 0 Å². The lowest BCUT2D eigenvalue weighted by Crippen LogP contribution is -2.57. The lowest BCUT2D eigenvalue weighted by molar-refractivity contribution is -0.145. The summed E-state index contributed by atoms with van der Waals surface area (Å²) in [6.07, 6.45) is -3.06. The molecule has 4 atom stereocenters. The van der Waals surface area contributed by atoms with E-state index < -0.39 is 91.4 Å². The van der Waals surface area contributed by atoms with Crippen molar-refractivity contribution in [2.75, 3.05) is 0 Å². The summed E-state index contributed by atoms with van der Waals surface area (Å²) in [4.78, 5) is 80.2. The van der Waals surface area contributed by atoms with Crippen molar-refractivity contribution in [2.45, 2.75) is 56.8 Å². The molecule has 4 unspecified atom stereocenters. The van der Waals surface area contributed by atoms with Crippen molar-refractivity contribution in [3.05, 3.63) is 0 Å². The van der Waals surface area contributed by atoms with Crippen molar-refractivity contribution in [3.8, 4) is 0 Å². The normalized spacial score (nSPS) is 14.3. The van der Waals surface area contributed by atoms with Gasteiger partial charge in [-0.3, -0.25) is 28.8 Å². The molecule has 0 spiro atoms. The van der Waals surface area contributed by atoms with Crippen LogP contribution >= 0.6 is 0 Å². The Bertz CT molecular complexity index is 737. The van der Waals surface area contributed by atoms with Crippen LogP contribution in [0.4, 0.5) is 0 Å². The van der Waals surface area contributed by atoms with E-state index in [4.69, 9.17) is 26.2 Å². The highest BCUT2D eigenvalue weighted by atomic mass is 16.4. The zero-order valence-corrected chi connectivity index (χ0v) is 16.4. The minimum absolute atomic E-state index is 0.518. The molecule has 0 saturated heterocycles. The van der Waals surface area contributed by atoms with Crippen LogP contribution < -0.4 is 21.7 Å². The van der Waals surface area contributed by atoms with E-state index in [1.165, 1.54) is 6.92 Å². The molecular weight excluding hydrogens is 424 g/mol. The highest BCUT2D eigenvalue weighted by molar-refractivity contribution is 5.96. The van der Waals surface area contributed by atoms with E-state index in [9.17, 15) is 33.6 Å². The van der Waals surface area contributed by atoms with Crippen LogP contribution in [0.3, 0.4) is 0 Å². The summed E-state index contributed by atoms with van der Waals surface area (Å²) >= 11 is 0. The number of hydrogen-bond donors (Lipinski definition) is 8. The van der Waals surface area contributed by atoms with E-state index in [2.05, 4.69) is 0 Å². The van der Waals surface area contributed by atoms with Gasteiger partial charge in [0.2, 0.25) is 17.7 Å². The van der Waals surface area contributed by atoms with E-state index in [0.717, 1.165) is 0 Å². The number of aliphatic carboxylic acids is 4. The molecule has 0 aromatic rings. The van der Waals surface area contributed by atoms with E-state index in [1.54, 1.807) is 0 Å². The van der Waals surface area contributed by atoms with E-state index in [0.29, 0.717) is 0 Å². The summed E-state index contributed by atoms with van der Waals surface area (Å²) in [5.41, 5.74) is 5.33. The summed E-state index contributed by atoms with van der Waals surface area (Å²) < 4.78 is 0. The second kappa shape index (κ2) is 12.7. The second-order valence-electron chi connectivity index (χ2n) is 6.44. The first-order valence-corrected chi connectivity index (χ1v) is 8.79. The predicted octanol–water partition coefficient (Wildman–Crippen LogP) is -3.31. The van der Waals surface area contributed by atoms with E-state index in [-0.39, 0.29) is 0 Å². The number of carboxylic acids is 4. The molecule has 3 amide bonds. The summed E-state index contributed by atoms with van der Waals surface area (Å²) in [5, 5.41) is 41.5. The molecule has 0 aliphatic carbocycles. The molecule has 0 heterocycles. The molecule has 0 rings (SSSR count). The van der Waals surface area contributed by atoms with Gasteiger partial charge in [0.05, 0.1) is 18.9 Å². The molecule has 0 aliphatic heterocycles. The average Bonchev–Trinajstić information content (AvgIpc) is 2.62. The molecule has 9 N–H and O–H groups in total. The molecule has 15 nitrogen and oxygen atoms in total. The van der Waals surface area contributed by atoms with Crippen molar-refractivity contribution >= 4 is 41.6 Å². The molecule has 31 heavy (non-hydrogen) atoms.